The number of piperidine rings is 1. The summed E-state index contributed by atoms with van der Waals surface area (Å²) in [5, 5.41) is 0. The largest absolute Gasteiger partial charge is 0.460 e. The zero-order chi connectivity index (χ0) is 24.8. The van der Waals surface area contributed by atoms with Gasteiger partial charge >= 0.3 is 23.9 Å². The summed E-state index contributed by atoms with van der Waals surface area (Å²) in [4.78, 5) is 26.3. The maximum Gasteiger partial charge on any atom is 0.460 e. The number of benzene rings is 1. The van der Waals surface area contributed by atoms with E-state index < -0.39 is 48.9 Å². The average Bonchev–Trinajstić information content (AvgIpc) is 2.76. The maximum absolute atomic E-state index is 13.9. The molecule has 13 heteroatoms. The van der Waals surface area contributed by atoms with Crippen LogP contribution in [-0.4, -0.2) is 65.2 Å². The van der Waals surface area contributed by atoms with Gasteiger partial charge in [-0.15, -0.1) is 0 Å². The van der Waals surface area contributed by atoms with Crippen LogP contribution in [0.3, 0.4) is 0 Å². The van der Waals surface area contributed by atoms with Crippen molar-refractivity contribution in [1.29, 1.82) is 0 Å². The van der Waals surface area contributed by atoms with E-state index in [0.29, 0.717) is 19.5 Å². The molecule has 2 amide bonds. The molecule has 4 nitrogen and oxygen atoms in total. The SMILES string of the molecule is O=C(C1CCN(C(=O)C(F)(F)C(F)(F)C(F)(F)C(F)(F)F)CC1)N1CCc2ccccc2C1. The molecular formula is C20H19F9N2O2. The molecule has 1 fully saturated rings. The molecule has 0 unspecified atom stereocenters. The summed E-state index contributed by atoms with van der Waals surface area (Å²) in [6, 6.07) is 7.41. The summed E-state index contributed by atoms with van der Waals surface area (Å²) in [7, 11) is 0. The number of nitrogens with zero attached hydrogens (tertiary/aromatic N) is 2. The molecule has 1 aromatic carbocycles. The van der Waals surface area contributed by atoms with Gasteiger partial charge in [0.15, 0.2) is 0 Å². The quantitative estimate of drug-likeness (QED) is 0.592. The molecule has 0 N–H and O–H groups in total. The van der Waals surface area contributed by atoms with E-state index in [1.165, 1.54) is 4.90 Å². The van der Waals surface area contributed by atoms with E-state index in [4.69, 9.17) is 0 Å². The van der Waals surface area contributed by atoms with E-state index in [1.807, 2.05) is 18.2 Å². The van der Waals surface area contributed by atoms with Crippen molar-refractivity contribution in [1.82, 2.24) is 9.80 Å². The zero-order valence-corrected chi connectivity index (χ0v) is 16.9. The van der Waals surface area contributed by atoms with Gasteiger partial charge in [0.2, 0.25) is 5.91 Å². The van der Waals surface area contributed by atoms with Gasteiger partial charge in [-0.25, -0.2) is 0 Å². The smallest absolute Gasteiger partial charge is 0.338 e. The van der Waals surface area contributed by atoms with Gasteiger partial charge in [-0.1, -0.05) is 24.3 Å². The second kappa shape index (κ2) is 8.39. The van der Waals surface area contributed by atoms with Crippen LogP contribution >= 0.6 is 0 Å². The molecule has 0 aliphatic carbocycles. The first-order chi connectivity index (χ1) is 15.1. The van der Waals surface area contributed by atoms with Gasteiger partial charge in [-0.05, 0) is 30.4 Å². The molecule has 0 atom stereocenters. The van der Waals surface area contributed by atoms with Crippen molar-refractivity contribution in [2.24, 2.45) is 5.92 Å². The number of amides is 2. The van der Waals surface area contributed by atoms with Gasteiger partial charge in [-0.2, -0.15) is 39.5 Å². The Balaban J connectivity index is 1.64. The lowest BCUT2D eigenvalue weighted by Crippen LogP contribution is -2.66. The Morgan fingerprint density at radius 2 is 1.30 bits per heavy atom. The standard InChI is InChI=1S/C20H19F9N2O2/c21-17(22,18(23,24)19(25,26)20(27,28)29)16(33)30-8-6-13(7-9-30)15(32)31-10-5-12-3-1-2-4-14(12)11-31/h1-4,13H,5-11H2. The van der Waals surface area contributed by atoms with Crippen LogP contribution in [0.25, 0.3) is 0 Å². The molecule has 2 aliphatic heterocycles. The highest BCUT2D eigenvalue weighted by atomic mass is 19.4. The number of fused-ring (bicyclic) bond motifs is 1. The monoisotopic (exact) mass is 490 g/mol. The molecule has 0 bridgehead atoms. The van der Waals surface area contributed by atoms with Gasteiger partial charge < -0.3 is 9.80 Å². The fraction of sp³-hybridized carbons (Fsp3) is 0.600. The van der Waals surface area contributed by atoms with Gasteiger partial charge in [-0.3, -0.25) is 9.59 Å². The first-order valence-corrected chi connectivity index (χ1v) is 9.96. The van der Waals surface area contributed by atoms with Crippen LogP contribution in [0.4, 0.5) is 39.5 Å². The van der Waals surface area contributed by atoms with Crippen LogP contribution in [0.15, 0.2) is 24.3 Å². The van der Waals surface area contributed by atoms with Crippen molar-refractivity contribution in [3.05, 3.63) is 35.4 Å². The molecule has 0 radical (unpaired) electrons. The third kappa shape index (κ3) is 4.25. The average molecular weight is 490 g/mol. The van der Waals surface area contributed by atoms with Crippen LogP contribution in [0.1, 0.15) is 24.0 Å². The molecule has 2 aliphatic rings. The van der Waals surface area contributed by atoms with Gasteiger partial charge in [0, 0.05) is 32.1 Å². The Kier molecular flexibility index (Phi) is 6.40. The van der Waals surface area contributed by atoms with Crippen LogP contribution in [0.2, 0.25) is 0 Å². The lowest BCUT2D eigenvalue weighted by molar-refractivity contribution is -0.389. The number of halogens is 9. The first kappa shape index (κ1) is 25.2. The minimum absolute atomic E-state index is 0.0929. The molecule has 0 spiro atoms. The molecule has 3 rings (SSSR count). The van der Waals surface area contributed by atoms with Crippen LogP contribution < -0.4 is 0 Å². The predicted molar refractivity (Wildman–Crippen MR) is 95.8 cm³/mol. The third-order valence-electron chi connectivity index (χ3n) is 5.99. The second-order valence-corrected chi connectivity index (χ2v) is 8.07. The lowest BCUT2D eigenvalue weighted by atomic mass is 9.92. The highest BCUT2D eigenvalue weighted by Crippen LogP contribution is 2.53. The molecular weight excluding hydrogens is 471 g/mol. The van der Waals surface area contributed by atoms with Gasteiger partial charge in [0.25, 0.3) is 5.91 Å². The van der Waals surface area contributed by atoms with Crippen LogP contribution in [0.5, 0.6) is 0 Å². The summed E-state index contributed by atoms with van der Waals surface area (Å²) in [6.07, 6.45) is -6.85. The summed E-state index contributed by atoms with van der Waals surface area (Å²) in [6.45, 7) is -0.622. The number of carbonyl (C=O) groups excluding carboxylic acids is 2. The third-order valence-corrected chi connectivity index (χ3v) is 5.99. The molecule has 1 aromatic rings. The Morgan fingerprint density at radius 3 is 1.85 bits per heavy atom. The van der Waals surface area contributed by atoms with Gasteiger partial charge in [0.05, 0.1) is 0 Å². The van der Waals surface area contributed by atoms with Crippen LogP contribution in [0, 0.1) is 5.92 Å². The van der Waals surface area contributed by atoms with E-state index in [2.05, 4.69) is 0 Å². The van der Waals surface area contributed by atoms with Crippen molar-refractivity contribution in [3.8, 4) is 0 Å². The highest BCUT2D eigenvalue weighted by Gasteiger charge is 2.84. The summed E-state index contributed by atoms with van der Waals surface area (Å²) < 4.78 is 118. The first-order valence-electron chi connectivity index (χ1n) is 9.96. The Labute approximate surface area is 182 Å². The fourth-order valence-electron chi connectivity index (χ4n) is 3.98. The van der Waals surface area contributed by atoms with E-state index >= 15 is 0 Å². The minimum atomic E-state index is -7.13. The molecule has 184 valence electrons. The van der Waals surface area contributed by atoms with E-state index in [9.17, 15) is 49.1 Å². The van der Waals surface area contributed by atoms with Gasteiger partial charge in [0.1, 0.15) is 0 Å². The number of hydrogen-bond acceptors (Lipinski definition) is 2. The number of likely N-dealkylation sites (tertiary alicyclic amines) is 1. The topological polar surface area (TPSA) is 40.6 Å². The summed E-state index contributed by atoms with van der Waals surface area (Å²) in [5.41, 5.74) is 2.00. The van der Waals surface area contributed by atoms with E-state index in [0.717, 1.165) is 11.1 Å². The normalized spacial score (nSPS) is 18.8. The molecule has 1 saturated heterocycles. The van der Waals surface area contributed by atoms with Crippen LogP contribution in [-0.2, 0) is 22.6 Å². The van der Waals surface area contributed by atoms with E-state index in [-0.39, 0.29) is 23.6 Å². The van der Waals surface area contributed by atoms with Crippen molar-refractivity contribution in [3.63, 3.8) is 0 Å². The number of rotatable bonds is 4. The van der Waals surface area contributed by atoms with Crippen molar-refractivity contribution in [2.45, 2.75) is 49.8 Å². The summed E-state index contributed by atoms with van der Waals surface area (Å²) in [5.74, 6) is -24.3. The number of hydrogen-bond donors (Lipinski definition) is 0. The Morgan fingerprint density at radius 1 is 0.758 bits per heavy atom. The molecule has 0 aromatic heterocycles. The van der Waals surface area contributed by atoms with Crippen molar-refractivity contribution >= 4 is 11.8 Å². The molecule has 2 heterocycles. The summed E-state index contributed by atoms with van der Waals surface area (Å²) >= 11 is 0. The highest BCUT2D eigenvalue weighted by molar-refractivity contribution is 5.85. The minimum Gasteiger partial charge on any atom is -0.338 e. The number of alkyl halides is 9. The van der Waals surface area contributed by atoms with Crippen molar-refractivity contribution < 1.29 is 49.1 Å². The Hall–Kier alpha value is -2.47. The number of carbonyl (C=O) groups is 2. The fourth-order valence-corrected chi connectivity index (χ4v) is 3.98. The molecule has 33 heavy (non-hydrogen) atoms. The maximum atomic E-state index is 13.9. The second-order valence-electron chi connectivity index (χ2n) is 8.07. The van der Waals surface area contributed by atoms with E-state index in [1.54, 1.807) is 6.07 Å². The Bertz CT molecular complexity index is 909. The lowest BCUT2D eigenvalue weighted by Gasteiger charge is -2.39. The predicted octanol–water partition coefficient (Wildman–Crippen LogP) is 4.28. The zero-order valence-electron chi connectivity index (χ0n) is 16.9. The van der Waals surface area contributed by atoms with Crippen molar-refractivity contribution in [2.75, 3.05) is 19.6 Å². The molecule has 0 saturated carbocycles.